The Morgan fingerprint density at radius 1 is 0.476 bits per heavy atom. The summed E-state index contributed by atoms with van der Waals surface area (Å²) >= 11 is 0. The number of rotatable bonds is 11. The summed E-state index contributed by atoms with van der Waals surface area (Å²) < 4.78 is 15.7. The van der Waals surface area contributed by atoms with E-state index in [0.717, 1.165) is 90.5 Å². The number of aryl methyl sites for hydroxylation is 2. The first-order chi connectivity index (χ1) is 30.1. The van der Waals surface area contributed by atoms with Crippen LogP contribution in [0.15, 0.2) is 164 Å². The largest absolute Gasteiger partial charge is 2.00 e. The maximum absolute atomic E-state index is 6.85. The van der Waals surface area contributed by atoms with Crippen molar-refractivity contribution in [3.05, 3.63) is 200 Å². The molecule has 0 unspecified atom stereocenters. The molecule has 0 saturated carbocycles. The number of pyridine rings is 2. The molecule has 0 aliphatic heterocycles. The molecule has 7 nitrogen and oxygen atoms in total. The molecule has 0 atom stereocenters. The number of fused-ring (bicyclic) bond motifs is 3. The first-order valence-electron chi connectivity index (χ1n) is 20.3. The van der Waals surface area contributed by atoms with E-state index in [1.165, 1.54) is 0 Å². The van der Waals surface area contributed by atoms with Gasteiger partial charge in [-0.2, -0.15) is 22.9 Å². The zero-order valence-electron chi connectivity index (χ0n) is 34.2. The average molecular weight is 1090 g/mol. The van der Waals surface area contributed by atoms with Gasteiger partial charge < -0.3 is 24.0 Å². The van der Waals surface area contributed by atoms with E-state index >= 15 is 0 Å². The fourth-order valence-corrected chi connectivity index (χ4v) is 7.87. The van der Waals surface area contributed by atoms with E-state index in [9.17, 15) is 0 Å². The fourth-order valence-electron chi connectivity index (χ4n) is 7.87. The molecule has 0 spiro atoms. The summed E-state index contributed by atoms with van der Waals surface area (Å²) in [6, 6.07) is 60.8. The smallest absolute Gasteiger partial charge is 0.502 e. The number of ether oxygens (including phenoxy) is 2. The van der Waals surface area contributed by atoms with Gasteiger partial charge in [-0.1, -0.05) is 144 Å². The van der Waals surface area contributed by atoms with Crippen molar-refractivity contribution in [2.45, 2.75) is 26.7 Å². The molecule has 10 aromatic rings. The van der Waals surface area contributed by atoms with Crippen molar-refractivity contribution in [2.75, 3.05) is 0 Å². The topological polar surface area (TPSA) is 75.0 Å². The van der Waals surface area contributed by atoms with E-state index < -0.39 is 0 Å². The minimum Gasteiger partial charge on any atom is -0.502 e. The predicted octanol–water partition coefficient (Wildman–Crippen LogP) is 12.9. The molecule has 0 amide bonds. The predicted molar refractivity (Wildman–Crippen MR) is 241 cm³/mol. The Morgan fingerprint density at radius 2 is 0.905 bits per heavy atom. The van der Waals surface area contributed by atoms with Crippen LogP contribution in [0.5, 0.6) is 23.0 Å². The minimum atomic E-state index is 0. The van der Waals surface area contributed by atoms with Gasteiger partial charge in [-0.25, -0.2) is 9.97 Å². The van der Waals surface area contributed by atoms with Crippen LogP contribution in [0.25, 0.3) is 72.5 Å². The first kappa shape index (κ1) is 43.1. The van der Waals surface area contributed by atoms with Crippen molar-refractivity contribution in [3.63, 3.8) is 0 Å². The van der Waals surface area contributed by atoms with E-state index in [1.54, 1.807) is 30.9 Å². The Labute approximate surface area is 394 Å². The van der Waals surface area contributed by atoms with Crippen molar-refractivity contribution in [3.8, 4) is 73.7 Å². The Bertz CT molecular complexity index is 2960. The van der Waals surface area contributed by atoms with Crippen molar-refractivity contribution in [1.82, 2.24) is 24.5 Å². The SMILES string of the molecule is CCc1cc(-c2ccccn2)[c-]c(Oc2[c-]c3c(cc2)c2ccc(Oc4[c-]c(-c5ccccn5)cc(CC)c4-c4ccccc4)[c-]c2n3-c2ncccn2)c1-c1ccccc1.[Pd+2].[Pt+2]. The molecule has 310 valence electrons. The van der Waals surface area contributed by atoms with Gasteiger partial charge in [0.25, 0.3) is 0 Å². The van der Waals surface area contributed by atoms with E-state index in [4.69, 9.17) is 19.4 Å². The van der Waals surface area contributed by atoms with Gasteiger partial charge in [0.2, 0.25) is 5.95 Å². The molecule has 10 rings (SSSR count). The molecule has 0 fully saturated rings. The summed E-state index contributed by atoms with van der Waals surface area (Å²) in [5, 5.41) is 1.87. The third-order valence-electron chi connectivity index (χ3n) is 10.7. The van der Waals surface area contributed by atoms with Gasteiger partial charge in [0.05, 0.1) is 0 Å². The summed E-state index contributed by atoms with van der Waals surface area (Å²) in [6.07, 6.45) is 8.62. The number of benzene rings is 6. The van der Waals surface area contributed by atoms with Gasteiger partial charge in [-0.15, -0.1) is 58.7 Å². The molecular formula is C54H37N5O2PdPt. The van der Waals surface area contributed by atoms with E-state index in [2.05, 4.69) is 84.5 Å². The van der Waals surface area contributed by atoms with E-state index in [1.807, 2.05) is 102 Å². The van der Waals surface area contributed by atoms with Crippen LogP contribution < -0.4 is 9.47 Å². The number of hydrogen-bond donors (Lipinski definition) is 0. The quantitative estimate of drug-likeness (QED) is 0.0949. The molecule has 0 bridgehead atoms. The third-order valence-corrected chi connectivity index (χ3v) is 10.7. The maximum atomic E-state index is 6.85. The molecule has 6 aromatic carbocycles. The summed E-state index contributed by atoms with van der Waals surface area (Å²) in [5.74, 6) is 2.67. The average Bonchev–Trinajstić information content (AvgIpc) is 3.65. The standard InChI is InChI=1S/C54H37N5O2.Pd.Pt/c1-3-36-30-40(46-20-11-13-26-55-46)32-50(52(36)38-16-7-5-8-17-38)60-42-22-24-44-45-25-23-43(35-49(45)59(48(44)34-42)54-57-28-15-29-58-54)61-51-33-41(47-21-12-14-27-56-47)31-37(4-2)53(51)39-18-9-6-10-19-39;;/h5-31H,3-4H2,1-2H3;;/q-4;2*+2. The van der Waals surface area contributed by atoms with Gasteiger partial charge in [0.1, 0.15) is 0 Å². The summed E-state index contributed by atoms with van der Waals surface area (Å²) in [6.45, 7) is 4.30. The van der Waals surface area contributed by atoms with Gasteiger partial charge in [-0.05, 0) is 42.4 Å². The monoisotopic (exact) mass is 1090 g/mol. The number of nitrogens with zero attached hydrogens (tertiary/aromatic N) is 5. The molecule has 9 heteroatoms. The third kappa shape index (κ3) is 8.63. The number of hydrogen-bond acceptors (Lipinski definition) is 6. The van der Waals surface area contributed by atoms with Crippen LogP contribution in [0, 0.1) is 24.3 Å². The van der Waals surface area contributed by atoms with Crippen molar-refractivity contribution < 1.29 is 51.0 Å². The molecule has 0 aliphatic carbocycles. The molecule has 0 aliphatic rings. The maximum Gasteiger partial charge on any atom is 2.00 e. The Hall–Kier alpha value is -6.55. The van der Waals surface area contributed by atoms with Crippen LogP contribution in [-0.4, -0.2) is 24.5 Å². The Kier molecular flexibility index (Phi) is 13.2. The normalized spacial score (nSPS) is 10.9. The van der Waals surface area contributed by atoms with E-state index in [-0.39, 0.29) is 41.5 Å². The molecular weight excluding hydrogens is 1050 g/mol. The van der Waals surface area contributed by atoms with Crippen LogP contribution in [0.2, 0.25) is 0 Å². The molecule has 0 saturated heterocycles. The molecule has 63 heavy (non-hydrogen) atoms. The van der Waals surface area contributed by atoms with Crippen LogP contribution >= 0.6 is 0 Å². The minimum absolute atomic E-state index is 0. The van der Waals surface area contributed by atoms with Gasteiger partial charge >= 0.3 is 41.5 Å². The van der Waals surface area contributed by atoms with Crippen LogP contribution in [-0.2, 0) is 54.3 Å². The van der Waals surface area contributed by atoms with Crippen LogP contribution in [0.3, 0.4) is 0 Å². The number of aromatic nitrogens is 5. The Balaban J connectivity index is 0.00000272. The van der Waals surface area contributed by atoms with Gasteiger partial charge in [0, 0.05) is 47.8 Å². The van der Waals surface area contributed by atoms with Crippen LogP contribution in [0.1, 0.15) is 25.0 Å². The van der Waals surface area contributed by atoms with Gasteiger partial charge in [0.15, 0.2) is 0 Å². The summed E-state index contributed by atoms with van der Waals surface area (Å²) in [5.41, 5.74) is 11.1. The van der Waals surface area contributed by atoms with Gasteiger partial charge in [-0.3, -0.25) is 0 Å². The zero-order valence-corrected chi connectivity index (χ0v) is 38.0. The van der Waals surface area contributed by atoms with Crippen molar-refractivity contribution in [2.24, 2.45) is 0 Å². The van der Waals surface area contributed by atoms with Crippen LogP contribution in [0.4, 0.5) is 0 Å². The van der Waals surface area contributed by atoms with E-state index in [0.29, 0.717) is 28.9 Å². The van der Waals surface area contributed by atoms with Crippen molar-refractivity contribution >= 4 is 21.8 Å². The molecule has 4 heterocycles. The Morgan fingerprint density at radius 3 is 1.32 bits per heavy atom. The molecule has 0 N–H and O–H groups in total. The second kappa shape index (κ2) is 19.2. The molecule has 4 aromatic heterocycles. The second-order valence-electron chi connectivity index (χ2n) is 14.5. The second-order valence-corrected chi connectivity index (χ2v) is 14.5. The first-order valence-corrected chi connectivity index (χ1v) is 20.3. The zero-order chi connectivity index (χ0) is 41.1. The van der Waals surface area contributed by atoms with Crippen molar-refractivity contribution in [1.29, 1.82) is 0 Å². The fraction of sp³-hybridized carbons (Fsp3) is 0.0741. The molecule has 0 radical (unpaired) electrons. The summed E-state index contributed by atoms with van der Waals surface area (Å²) in [7, 11) is 0. The summed E-state index contributed by atoms with van der Waals surface area (Å²) in [4.78, 5) is 18.7.